The Morgan fingerprint density at radius 3 is 2.73 bits per heavy atom. The fraction of sp³-hybridized carbons (Fsp3) is 0.500. The van der Waals surface area contributed by atoms with E-state index in [1.165, 1.54) is 0 Å². The quantitative estimate of drug-likeness (QED) is 0.771. The molecule has 1 aromatic rings. The molecule has 1 fully saturated rings. The van der Waals surface area contributed by atoms with Gasteiger partial charge in [0.1, 0.15) is 0 Å². The van der Waals surface area contributed by atoms with E-state index in [1.807, 2.05) is 24.3 Å². The van der Waals surface area contributed by atoms with E-state index in [0.717, 1.165) is 37.3 Å². The zero-order chi connectivity index (χ0) is 10.5. The van der Waals surface area contributed by atoms with Gasteiger partial charge in [0.2, 0.25) is 0 Å². The Bertz CT molecular complexity index is 308. The smallest absolute Gasteiger partial charge is 0.0740 e. The van der Waals surface area contributed by atoms with E-state index in [2.05, 4.69) is 0 Å². The number of anilines is 1. The van der Waals surface area contributed by atoms with Crippen molar-refractivity contribution in [1.29, 1.82) is 0 Å². The van der Waals surface area contributed by atoms with E-state index in [-0.39, 0.29) is 0 Å². The summed E-state index contributed by atoms with van der Waals surface area (Å²) in [5.74, 6) is 0. The molecule has 2 N–H and O–H groups in total. The van der Waals surface area contributed by atoms with Crippen molar-refractivity contribution >= 4 is 5.69 Å². The van der Waals surface area contributed by atoms with Crippen molar-refractivity contribution in [1.82, 2.24) is 0 Å². The molecule has 0 aliphatic carbocycles. The van der Waals surface area contributed by atoms with E-state index < -0.39 is 0 Å². The predicted molar refractivity (Wildman–Crippen MR) is 59.5 cm³/mol. The molecular formula is C12H17NO2. The van der Waals surface area contributed by atoms with Crippen molar-refractivity contribution < 1.29 is 9.47 Å². The third-order valence-corrected chi connectivity index (χ3v) is 2.70. The van der Waals surface area contributed by atoms with Crippen LogP contribution in [0.5, 0.6) is 0 Å². The summed E-state index contributed by atoms with van der Waals surface area (Å²) in [6.07, 6.45) is 2.32. The van der Waals surface area contributed by atoms with E-state index in [9.17, 15) is 0 Å². The first-order valence-electron chi connectivity index (χ1n) is 5.39. The van der Waals surface area contributed by atoms with Crippen molar-refractivity contribution in [2.24, 2.45) is 0 Å². The van der Waals surface area contributed by atoms with Gasteiger partial charge in [0.25, 0.3) is 0 Å². The highest BCUT2D eigenvalue weighted by molar-refractivity contribution is 5.45. The van der Waals surface area contributed by atoms with Crippen LogP contribution in [0.3, 0.4) is 0 Å². The van der Waals surface area contributed by atoms with Gasteiger partial charge in [-0.05, 0) is 18.9 Å². The van der Waals surface area contributed by atoms with Crippen molar-refractivity contribution in [2.45, 2.75) is 25.6 Å². The molecule has 2 rings (SSSR count). The number of hydrogen-bond acceptors (Lipinski definition) is 3. The maximum absolute atomic E-state index is 5.83. The van der Waals surface area contributed by atoms with Crippen LogP contribution in [0.4, 0.5) is 5.69 Å². The molecule has 0 amide bonds. The Morgan fingerprint density at radius 2 is 2.00 bits per heavy atom. The van der Waals surface area contributed by atoms with E-state index >= 15 is 0 Å². The number of para-hydroxylation sites is 1. The van der Waals surface area contributed by atoms with Crippen LogP contribution < -0.4 is 5.73 Å². The van der Waals surface area contributed by atoms with Gasteiger partial charge in [0.15, 0.2) is 0 Å². The van der Waals surface area contributed by atoms with Crippen LogP contribution in [0.25, 0.3) is 0 Å². The van der Waals surface area contributed by atoms with Crippen LogP contribution in [0, 0.1) is 0 Å². The Balaban J connectivity index is 1.84. The molecule has 0 bridgehead atoms. The average Bonchev–Trinajstić information content (AvgIpc) is 2.29. The lowest BCUT2D eigenvalue weighted by molar-refractivity contribution is -0.0389. The molecule has 82 valence electrons. The van der Waals surface area contributed by atoms with Gasteiger partial charge >= 0.3 is 0 Å². The number of rotatable bonds is 3. The van der Waals surface area contributed by atoms with Crippen molar-refractivity contribution in [3.05, 3.63) is 29.8 Å². The van der Waals surface area contributed by atoms with Crippen LogP contribution in [-0.2, 0) is 16.1 Å². The molecule has 0 aromatic heterocycles. The third kappa shape index (κ3) is 2.94. The molecule has 0 unspecified atom stereocenters. The zero-order valence-corrected chi connectivity index (χ0v) is 8.82. The van der Waals surface area contributed by atoms with Crippen LogP contribution >= 0.6 is 0 Å². The Labute approximate surface area is 90.2 Å². The summed E-state index contributed by atoms with van der Waals surface area (Å²) < 4.78 is 11.1. The summed E-state index contributed by atoms with van der Waals surface area (Å²) >= 11 is 0. The lowest BCUT2D eigenvalue weighted by atomic mass is 10.1. The second-order valence-corrected chi connectivity index (χ2v) is 3.82. The molecule has 1 heterocycles. The van der Waals surface area contributed by atoms with Crippen molar-refractivity contribution in [3.8, 4) is 0 Å². The van der Waals surface area contributed by atoms with E-state index in [4.69, 9.17) is 15.2 Å². The lowest BCUT2D eigenvalue weighted by Crippen LogP contribution is -2.23. The van der Waals surface area contributed by atoms with E-state index in [0.29, 0.717) is 12.7 Å². The SMILES string of the molecule is Nc1ccccc1COC1CCOCC1. The number of nitrogens with two attached hydrogens (primary N) is 1. The molecule has 1 aliphatic rings. The van der Waals surface area contributed by atoms with Gasteiger partial charge in [-0.25, -0.2) is 0 Å². The first-order valence-corrected chi connectivity index (χ1v) is 5.39. The highest BCUT2D eigenvalue weighted by Gasteiger charge is 2.14. The molecule has 0 radical (unpaired) electrons. The molecule has 0 saturated carbocycles. The second kappa shape index (κ2) is 5.14. The van der Waals surface area contributed by atoms with Gasteiger partial charge in [0, 0.05) is 24.5 Å². The first-order chi connectivity index (χ1) is 7.36. The molecule has 0 spiro atoms. The highest BCUT2D eigenvalue weighted by Crippen LogP contribution is 2.16. The summed E-state index contributed by atoms with van der Waals surface area (Å²) in [6.45, 7) is 2.24. The molecule has 1 saturated heterocycles. The zero-order valence-electron chi connectivity index (χ0n) is 8.82. The maximum atomic E-state index is 5.83. The summed E-state index contributed by atoms with van der Waals surface area (Å²) in [5.41, 5.74) is 7.71. The minimum Gasteiger partial charge on any atom is -0.398 e. The molecule has 0 atom stereocenters. The Kier molecular flexibility index (Phi) is 3.59. The summed E-state index contributed by atoms with van der Waals surface area (Å²) in [5, 5.41) is 0. The van der Waals surface area contributed by atoms with Crippen LogP contribution in [-0.4, -0.2) is 19.3 Å². The normalized spacial score (nSPS) is 17.9. The van der Waals surface area contributed by atoms with Crippen LogP contribution in [0.1, 0.15) is 18.4 Å². The molecular weight excluding hydrogens is 190 g/mol. The minimum absolute atomic E-state index is 0.332. The summed E-state index contributed by atoms with van der Waals surface area (Å²) in [7, 11) is 0. The topological polar surface area (TPSA) is 44.5 Å². The van der Waals surface area contributed by atoms with Gasteiger partial charge in [-0.3, -0.25) is 0 Å². The second-order valence-electron chi connectivity index (χ2n) is 3.82. The third-order valence-electron chi connectivity index (χ3n) is 2.70. The molecule has 1 aromatic carbocycles. The molecule has 1 aliphatic heterocycles. The van der Waals surface area contributed by atoms with Crippen molar-refractivity contribution in [3.63, 3.8) is 0 Å². The van der Waals surface area contributed by atoms with Gasteiger partial charge in [0.05, 0.1) is 12.7 Å². The fourth-order valence-corrected chi connectivity index (χ4v) is 1.72. The molecule has 15 heavy (non-hydrogen) atoms. The average molecular weight is 207 g/mol. The summed E-state index contributed by atoms with van der Waals surface area (Å²) in [4.78, 5) is 0. The number of hydrogen-bond donors (Lipinski definition) is 1. The van der Waals surface area contributed by atoms with Gasteiger partial charge in [-0.15, -0.1) is 0 Å². The number of ether oxygens (including phenoxy) is 2. The first kappa shape index (κ1) is 10.5. The molecule has 3 heteroatoms. The number of benzene rings is 1. The Morgan fingerprint density at radius 1 is 1.27 bits per heavy atom. The Hall–Kier alpha value is -1.06. The standard InChI is InChI=1S/C12H17NO2/c13-12-4-2-1-3-10(12)9-15-11-5-7-14-8-6-11/h1-4,11H,5-9,13H2. The fourth-order valence-electron chi connectivity index (χ4n) is 1.72. The van der Waals surface area contributed by atoms with Gasteiger partial charge < -0.3 is 15.2 Å². The lowest BCUT2D eigenvalue weighted by Gasteiger charge is -2.22. The largest absolute Gasteiger partial charge is 0.398 e. The van der Waals surface area contributed by atoms with Gasteiger partial charge in [-0.2, -0.15) is 0 Å². The van der Waals surface area contributed by atoms with E-state index in [1.54, 1.807) is 0 Å². The van der Waals surface area contributed by atoms with Gasteiger partial charge in [-0.1, -0.05) is 18.2 Å². The monoisotopic (exact) mass is 207 g/mol. The van der Waals surface area contributed by atoms with Crippen LogP contribution in [0.15, 0.2) is 24.3 Å². The summed E-state index contributed by atoms with van der Waals surface area (Å²) in [6, 6.07) is 7.84. The van der Waals surface area contributed by atoms with Crippen LogP contribution in [0.2, 0.25) is 0 Å². The van der Waals surface area contributed by atoms with Crippen molar-refractivity contribution in [2.75, 3.05) is 18.9 Å². The highest BCUT2D eigenvalue weighted by atomic mass is 16.5. The molecule has 3 nitrogen and oxygen atoms in total. The predicted octanol–water partition coefficient (Wildman–Crippen LogP) is 1.96. The maximum Gasteiger partial charge on any atom is 0.0740 e. The number of nitrogen functional groups attached to an aromatic ring is 1. The minimum atomic E-state index is 0.332.